The molecule has 0 N–H and O–H groups in total. The molecule has 22 heavy (non-hydrogen) atoms. The van der Waals surface area contributed by atoms with Gasteiger partial charge in [0.15, 0.2) is 0 Å². The lowest BCUT2D eigenvalue weighted by atomic mass is 10.0. The van der Waals surface area contributed by atoms with E-state index in [9.17, 15) is 4.79 Å². The fourth-order valence-electron chi connectivity index (χ4n) is 2.02. The third-order valence-electron chi connectivity index (χ3n) is 3.06. The molecule has 2 aromatic rings. The maximum absolute atomic E-state index is 12.0. The first kappa shape index (κ1) is 16.3. The number of ether oxygens (including phenoxy) is 1. The number of hydrogen-bond donors (Lipinski definition) is 0. The van der Waals surface area contributed by atoms with Crippen LogP contribution in [0.25, 0.3) is 17.2 Å². The minimum absolute atomic E-state index is 0.327. The zero-order chi connectivity index (χ0) is 16.3. The first-order valence-corrected chi connectivity index (χ1v) is 7.44. The first-order chi connectivity index (χ1) is 10.3. The molecule has 114 valence electrons. The van der Waals surface area contributed by atoms with E-state index in [0.717, 1.165) is 16.7 Å². The number of esters is 1. The van der Waals surface area contributed by atoms with Gasteiger partial charge in [0, 0.05) is 10.6 Å². The minimum Gasteiger partial charge on any atom is -0.456 e. The van der Waals surface area contributed by atoms with E-state index in [1.54, 1.807) is 18.2 Å². The Labute approximate surface area is 136 Å². The molecule has 0 heterocycles. The van der Waals surface area contributed by atoms with Crippen molar-refractivity contribution in [1.29, 1.82) is 0 Å². The van der Waals surface area contributed by atoms with Crippen molar-refractivity contribution in [3.63, 3.8) is 0 Å². The van der Waals surface area contributed by atoms with Crippen molar-refractivity contribution in [2.75, 3.05) is 0 Å². The standard InChI is InChI=1S/C19H19ClO2/c1-5-13-6-11-16(17(20)12-13)14-7-9-15(10-8-14)18(21)22-19(2,3)4/h5-12H,1H2,2-4H3. The number of hydrogen-bond acceptors (Lipinski definition) is 2. The molecule has 0 radical (unpaired) electrons. The number of carbonyl (C=O) groups is 1. The largest absolute Gasteiger partial charge is 0.456 e. The van der Waals surface area contributed by atoms with Gasteiger partial charge in [-0.2, -0.15) is 0 Å². The second kappa shape index (κ2) is 6.37. The van der Waals surface area contributed by atoms with Crippen LogP contribution in [-0.4, -0.2) is 11.6 Å². The lowest BCUT2D eigenvalue weighted by Gasteiger charge is -2.19. The van der Waals surface area contributed by atoms with Crippen molar-refractivity contribution in [2.45, 2.75) is 26.4 Å². The van der Waals surface area contributed by atoms with E-state index in [4.69, 9.17) is 16.3 Å². The predicted molar refractivity (Wildman–Crippen MR) is 92.1 cm³/mol. The lowest BCUT2D eigenvalue weighted by Crippen LogP contribution is -2.23. The van der Waals surface area contributed by atoms with Gasteiger partial charge in [-0.05, 0) is 50.1 Å². The molecule has 0 saturated carbocycles. The van der Waals surface area contributed by atoms with E-state index in [-0.39, 0.29) is 5.97 Å². The van der Waals surface area contributed by atoms with E-state index in [1.807, 2.05) is 51.1 Å². The average molecular weight is 315 g/mol. The Morgan fingerprint density at radius 2 is 1.77 bits per heavy atom. The SMILES string of the molecule is C=Cc1ccc(-c2ccc(C(=O)OC(C)(C)C)cc2)c(Cl)c1. The molecule has 0 unspecified atom stereocenters. The van der Waals surface area contributed by atoms with E-state index in [1.165, 1.54) is 0 Å². The molecule has 2 nitrogen and oxygen atoms in total. The summed E-state index contributed by atoms with van der Waals surface area (Å²) in [5, 5.41) is 0.655. The summed E-state index contributed by atoms with van der Waals surface area (Å²) in [6, 6.07) is 13.0. The smallest absolute Gasteiger partial charge is 0.338 e. The van der Waals surface area contributed by atoms with Crippen LogP contribution in [0.3, 0.4) is 0 Å². The Kier molecular flexibility index (Phi) is 4.72. The zero-order valence-corrected chi connectivity index (χ0v) is 13.8. The van der Waals surface area contributed by atoms with Crippen molar-refractivity contribution in [3.05, 3.63) is 65.2 Å². The molecule has 0 aliphatic heterocycles. The molecule has 2 rings (SSSR count). The molecule has 3 heteroatoms. The third kappa shape index (κ3) is 3.99. The Bertz CT molecular complexity index is 694. The van der Waals surface area contributed by atoms with Crippen LogP contribution >= 0.6 is 11.6 Å². The molecule has 0 atom stereocenters. The maximum Gasteiger partial charge on any atom is 0.338 e. The number of halogens is 1. The second-order valence-corrected chi connectivity index (χ2v) is 6.43. The number of benzene rings is 2. The van der Waals surface area contributed by atoms with E-state index in [2.05, 4.69) is 6.58 Å². The van der Waals surface area contributed by atoms with Gasteiger partial charge in [-0.25, -0.2) is 4.79 Å². The predicted octanol–water partition coefficient (Wildman–Crippen LogP) is 5.61. The monoisotopic (exact) mass is 314 g/mol. The molecule has 0 aliphatic rings. The summed E-state index contributed by atoms with van der Waals surface area (Å²) >= 11 is 6.29. The van der Waals surface area contributed by atoms with Crippen molar-refractivity contribution in [1.82, 2.24) is 0 Å². The van der Waals surface area contributed by atoms with Crippen LogP contribution < -0.4 is 0 Å². The topological polar surface area (TPSA) is 26.3 Å². The summed E-state index contributed by atoms with van der Waals surface area (Å²) in [7, 11) is 0. The van der Waals surface area contributed by atoms with Crippen LogP contribution in [0.4, 0.5) is 0 Å². The van der Waals surface area contributed by atoms with Crippen LogP contribution in [0, 0.1) is 0 Å². The molecular formula is C19H19ClO2. The van der Waals surface area contributed by atoms with Gasteiger partial charge < -0.3 is 4.74 Å². The second-order valence-electron chi connectivity index (χ2n) is 6.02. The highest BCUT2D eigenvalue weighted by Crippen LogP contribution is 2.29. The fraction of sp³-hybridized carbons (Fsp3) is 0.211. The summed E-state index contributed by atoms with van der Waals surface area (Å²) < 4.78 is 5.35. The molecule has 0 amide bonds. The number of rotatable bonds is 3. The van der Waals surface area contributed by atoms with E-state index in [0.29, 0.717) is 10.6 Å². The normalized spacial score (nSPS) is 11.1. The highest BCUT2D eigenvalue weighted by molar-refractivity contribution is 6.33. The Morgan fingerprint density at radius 1 is 1.14 bits per heavy atom. The van der Waals surface area contributed by atoms with E-state index >= 15 is 0 Å². The van der Waals surface area contributed by atoms with E-state index < -0.39 is 5.60 Å². The Balaban J connectivity index is 2.25. The van der Waals surface area contributed by atoms with Gasteiger partial charge in [0.25, 0.3) is 0 Å². The van der Waals surface area contributed by atoms with Gasteiger partial charge in [0.05, 0.1) is 5.56 Å². The molecule has 0 spiro atoms. The molecule has 2 aromatic carbocycles. The van der Waals surface area contributed by atoms with Gasteiger partial charge in [-0.1, -0.05) is 48.5 Å². The lowest BCUT2D eigenvalue weighted by molar-refractivity contribution is 0.00696. The highest BCUT2D eigenvalue weighted by atomic mass is 35.5. The molecule has 0 saturated heterocycles. The van der Waals surface area contributed by atoms with Crippen molar-refractivity contribution >= 4 is 23.6 Å². The van der Waals surface area contributed by atoms with Crippen molar-refractivity contribution in [3.8, 4) is 11.1 Å². The molecule has 0 fully saturated rings. The summed E-state index contributed by atoms with van der Waals surface area (Å²) in [6.45, 7) is 9.27. The summed E-state index contributed by atoms with van der Waals surface area (Å²) in [6.07, 6.45) is 1.75. The molecule has 0 aliphatic carbocycles. The average Bonchev–Trinajstić information content (AvgIpc) is 2.45. The van der Waals surface area contributed by atoms with Crippen LogP contribution in [0.2, 0.25) is 5.02 Å². The summed E-state index contributed by atoms with van der Waals surface area (Å²) in [5.41, 5.74) is 2.87. The van der Waals surface area contributed by atoms with Gasteiger partial charge in [0.1, 0.15) is 5.60 Å². The summed E-state index contributed by atoms with van der Waals surface area (Å²) in [5.74, 6) is -0.327. The summed E-state index contributed by atoms with van der Waals surface area (Å²) in [4.78, 5) is 12.0. The van der Waals surface area contributed by atoms with Gasteiger partial charge in [-0.3, -0.25) is 0 Å². The van der Waals surface area contributed by atoms with Crippen LogP contribution in [0.1, 0.15) is 36.7 Å². The van der Waals surface area contributed by atoms with Crippen LogP contribution in [0.5, 0.6) is 0 Å². The minimum atomic E-state index is -0.500. The van der Waals surface area contributed by atoms with Crippen LogP contribution in [0.15, 0.2) is 49.0 Å². The van der Waals surface area contributed by atoms with Crippen molar-refractivity contribution < 1.29 is 9.53 Å². The first-order valence-electron chi connectivity index (χ1n) is 7.06. The Morgan fingerprint density at radius 3 is 2.27 bits per heavy atom. The molecule has 0 aromatic heterocycles. The quantitative estimate of drug-likeness (QED) is 0.689. The highest BCUT2D eigenvalue weighted by Gasteiger charge is 2.17. The number of carbonyl (C=O) groups excluding carboxylic acids is 1. The van der Waals surface area contributed by atoms with Gasteiger partial charge in [0.2, 0.25) is 0 Å². The molecule has 0 bridgehead atoms. The zero-order valence-electron chi connectivity index (χ0n) is 13.0. The molecular weight excluding hydrogens is 296 g/mol. The van der Waals surface area contributed by atoms with Gasteiger partial charge in [-0.15, -0.1) is 0 Å². The van der Waals surface area contributed by atoms with Crippen molar-refractivity contribution in [2.24, 2.45) is 0 Å². The van der Waals surface area contributed by atoms with Crippen LogP contribution in [-0.2, 0) is 4.74 Å². The third-order valence-corrected chi connectivity index (χ3v) is 3.37. The fourth-order valence-corrected chi connectivity index (χ4v) is 2.31. The Hall–Kier alpha value is -2.06. The van der Waals surface area contributed by atoms with Gasteiger partial charge >= 0.3 is 5.97 Å². The maximum atomic E-state index is 12.0.